The molecular formula is C23H30N4O2. The fourth-order valence-electron chi connectivity index (χ4n) is 2.92. The molecule has 0 aliphatic carbocycles. The Morgan fingerprint density at radius 2 is 1.62 bits per heavy atom. The summed E-state index contributed by atoms with van der Waals surface area (Å²) in [5.41, 5.74) is 7.45. The molecule has 0 spiro atoms. The van der Waals surface area contributed by atoms with Crippen LogP contribution in [-0.4, -0.2) is 31.1 Å². The number of hydrogen-bond donors (Lipinski definition) is 2. The second-order valence-corrected chi connectivity index (χ2v) is 6.85. The summed E-state index contributed by atoms with van der Waals surface area (Å²) in [6, 6.07) is 13.7. The molecule has 0 unspecified atom stereocenters. The van der Waals surface area contributed by atoms with Crippen molar-refractivity contribution >= 4 is 29.4 Å². The van der Waals surface area contributed by atoms with Crippen molar-refractivity contribution in [1.82, 2.24) is 5.43 Å². The van der Waals surface area contributed by atoms with Crippen LogP contribution >= 0.6 is 0 Å². The van der Waals surface area contributed by atoms with Gasteiger partial charge in [0, 0.05) is 37.3 Å². The van der Waals surface area contributed by atoms with E-state index in [9.17, 15) is 9.59 Å². The third kappa shape index (κ3) is 6.75. The molecule has 2 amide bonds. The van der Waals surface area contributed by atoms with Gasteiger partial charge < -0.3 is 10.2 Å². The quantitative estimate of drug-likeness (QED) is 0.498. The lowest BCUT2D eigenvalue weighted by molar-refractivity contribution is -0.124. The molecule has 0 radical (unpaired) electrons. The fourth-order valence-corrected chi connectivity index (χ4v) is 2.92. The zero-order valence-electron chi connectivity index (χ0n) is 17.7. The van der Waals surface area contributed by atoms with Crippen molar-refractivity contribution in [3.63, 3.8) is 0 Å². The van der Waals surface area contributed by atoms with E-state index < -0.39 is 0 Å². The Kier molecular flexibility index (Phi) is 8.40. The highest BCUT2D eigenvalue weighted by Crippen LogP contribution is 2.18. The maximum absolute atomic E-state index is 12.1. The van der Waals surface area contributed by atoms with Gasteiger partial charge in [-0.05, 0) is 62.6 Å². The number of hydrazone groups is 1. The van der Waals surface area contributed by atoms with Crippen molar-refractivity contribution in [2.75, 3.05) is 23.3 Å². The van der Waals surface area contributed by atoms with Crippen LogP contribution in [0.25, 0.3) is 0 Å². The molecule has 0 heterocycles. The Morgan fingerprint density at radius 1 is 0.966 bits per heavy atom. The van der Waals surface area contributed by atoms with Gasteiger partial charge in [0.15, 0.2) is 0 Å². The van der Waals surface area contributed by atoms with Gasteiger partial charge in [-0.25, -0.2) is 5.43 Å². The van der Waals surface area contributed by atoms with E-state index in [0.29, 0.717) is 0 Å². The summed E-state index contributed by atoms with van der Waals surface area (Å²) in [6.45, 7) is 10.1. The highest BCUT2D eigenvalue weighted by Gasteiger charge is 2.09. The van der Waals surface area contributed by atoms with Crippen LogP contribution in [0, 0.1) is 13.8 Å². The number of amides is 2. The number of hydrogen-bond acceptors (Lipinski definition) is 4. The standard InChI is InChI=1S/C23H30N4O2/c1-5-27(6-2)20-12-10-19(11-13-20)16-24-26-23(29)15-14-22(28)25-21-9-7-8-17(3)18(21)4/h7-13,16H,5-6,14-15H2,1-4H3,(H,25,28)(H,26,29). The number of benzene rings is 2. The Labute approximate surface area is 173 Å². The summed E-state index contributed by atoms with van der Waals surface area (Å²) in [5.74, 6) is -0.484. The van der Waals surface area contributed by atoms with Crippen LogP contribution < -0.4 is 15.6 Å². The smallest absolute Gasteiger partial charge is 0.240 e. The maximum Gasteiger partial charge on any atom is 0.240 e. The van der Waals surface area contributed by atoms with Gasteiger partial charge in [0.25, 0.3) is 0 Å². The summed E-state index contributed by atoms with van der Waals surface area (Å²) >= 11 is 0. The minimum absolute atomic E-state index is 0.0783. The van der Waals surface area contributed by atoms with E-state index in [1.165, 1.54) is 0 Å². The number of carbonyl (C=O) groups is 2. The lowest BCUT2D eigenvalue weighted by atomic mass is 10.1. The summed E-state index contributed by atoms with van der Waals surface area (Å²) in [6.07, 6.45) is 1.78. The molecule has 154 valence electrons. The van der Waals surface area contributed by atoms with Crippen molar-refractivity contribution < 1.29 is 9.59 Å². The highest BCUT2D eigenvalue weighted by molar-refractivity contribution is 5.94. The molecule has 0 aromatic heterocycles. The summed E-state index contributed by atoms with van der Waals surface area (Å²) in [5, 5.41) is 6.83. The van der Waals surface area contributed by atoms with E-state index in [4.69, 9.17) is 0 Å². The molecule has 0 aliphatic rings. The van der Waals surface area contributed by atoms with Crippen molar-refractivity contribution in [1.29, 1.82) is 0 Å². The van der Waals surface area contributed by atoms with Crippen molar-refractivity contribution in [3.05, 3.63) is 59.2 Å². The average molecular weight is 395 g/mol. The SMILES string of the molecule is CCN(CC)c1ccc(C=NNC(=O)CCC(=O)Nc2cccc(C)c2C)cc1. The van der Waals surface area contributed by atoms with Crippen molar-refractivity contribution in [2.24, 2.45) is 5.10 Å². The van der Waals surface area contributed by atoms with E-state index in [1.54, 1.807) is 6.21 Å². The Balaban J connectivity index is 1.77. The number of aryl methyl sites for hydroxylation is 1. The van der Waals surface area contributed by atoms with E-state index in [-0.39, 0.29) is 24.7 Å². The largest absolute Gasteiger partial charge is 0.372 e. The van der Waals surface area contributed by atoms with Gasteiger partial charge >= 0.3 is 0 Å². The van der Waals surface area contributed by atoms with Gasteiger partial charge in [-0.3, -0.25) is 9.59 Å². The molecule has 0 bridgehead atoms. The Morgan fingerprint density at radius 3 is 2.28 bits per heavy atom. The minimum atomic E-state index is -0.294. The number of nitrogens with zero attached hydrogens (tertiary/aromatic N) is 2. The number of carbonyl (C=O) groups excluding carboxylic acids is 2. The van der Waals surface area contributed by atoms with E-state index in [2.05, 4.69) is 34.6 Å². The molecule has 2 aromatic rings. The highest BCUT2D eigenvalue weighted by atomic mass is 16.2. The van der Waals surface area contributed by atoms with Crippen LogP contribution in [0.1, 0.15) is 43.4 Å². The van der Waals surface area contributed by atoms with Gasteiger partial charge in [0.05, 0.1) is 6.21 Å². The molecule has 6 nitrogen and oxygen atoms in total. The number of anilines is 2. The summed E-state index contributed by atoms with van der Waals surface area (Å²) in [7, 11) is 0. The van der Waals surface area contributed by atoms with Crippen LogP contribution in [0.2, 0.25) is 0 Å². The third-order valence-electron chi connectivity index (χ3n) is 4.88. The van der Waals surface area contributed by atoms with Crippen LogP contribution in [-0.2, 0) is 9.59 Å². The minimum Gasteiger partial charge on any atom is -0.372 e. The Hall–Kier alpha value is -3.15. The maximum atomic E-state index is 12.1. The van der Waals surface area contributed by atoms with Crippen LogP contribution in [0.4, 0.5) is 11.4 Å². The fraction of sp³-hybridized carbons (Fsp3) is 0.348. The first-order chi connectivity index (χ1) is 13.9. The molecule has 6 heteroatoms. The zero-order chi connectivity index (χ0) is 21.2. The molecule has 2 rings (SSSR count). The lowest BCUT2D eigenvalue weighted by Crippen LogP contribution is -2.21. The van der Waals surface area contributed by atoms with Crippen LogP contribution in [0.5, 0.6) is 0 Å². The average Bonchev–Trinajstić information content (AvgIpc) is 2.72. The van der Waals surface area contributed by atoms with E-state index >= 15 is 0 Å². The molecular weight excluding hydrogens is 364 g/mol. The monoisotopic (exact) mass is 394 g/mol. The number of rotatable bonds is 9. The molecule has 0 saturated carbocycles. The molecule has 2 aromatic carbocycles. The molecule has 0 fully saturated rings. The second-order valence-electron chi connectivity index (χ2n) is 6.85. The second kappa shape index (κ2) is 11.0. The predicted molar refractivity (Wildman–Crippen MR) is 120 cm³/mol. The first-order valence-corrected chi connectivity index (χ1v) is 9.97. The van der Waals surface area contributed by atoms with Crippen LogP contribution in [0.15, 0.2) is 47.6 Å². The van der Waals surface area contributed by atoms with Gasteiger partial charge in [-0.1, -0.05) is 24.3 Å². The van der Waals surface area contributed by atoms with Crippen molar-refractivity contribution in [2.45, 2.75) is 40.5 Å². The van der Waals surface area contributed by atoms with Gasteiger partial charge in [-0.2, -0.15) is 5.10 Å². The first kappa shape index (κ1) is 22.1. The summed E-state index contributed by atoms with van der Waals surface area (Å²) in [4.78, 5) is 26.3. The molecule has 0 atom stereocenters. The van der Waals surface area contributed by atoms with Gasteiger partial charge in [0.1, 0.15) is 0 Å². The summed E-state index contributed by atoms with van der Waals surface area (Å²) < 4.78 is 0. The van der Waals surface area contributed by atoms with E-state index in [0.717, 1.165) is 41.2 Å². The molecule has 29 heavy (non-hydrogen) atoms. The molecule has 0 aliphatic heterocycles. The zero-order valence-corrected chi connectivity index (χ0v) is 17.7. The van der Waals surface area contributed by atoms with Gasteiger partial charge in [0.2, 0.25) is 11.8 Å². The molecule has 0 saturated heterocycles. The topological polar surface area (TPSA) is 73.8 Å². The Bertz CT molecular complexity index is 856. The molecule has 2 N–H and O–H groups in total. The number of nitrogens with one attached hydrogen (secondary N) is 2. The first-order valence-electron chi connectivity index (χ1n) is 9.97. The van der Waals surface area contributed by atoms with Gasteiger partial charge in [-0.15, -0.1) is 0 Å². The van der Waals surface area contributed by atoms with Crippen LogP contribution in [0.3, 0.4) is 0 Å². The van der Waals surface area contributed by atoms with Crippen molar-refractivity contribution in [3.8, 4) is 0 Å². The normalized spacial score (nSPS) is 10.8. The lowest BCUT2D eigenvalue weighted by Gasteiger charge is -2.20. The predicted octanol–water partition coefficient (Wildman–Crippen LogP) is 4.02. The van der Waals surface area contributed by atoms with E-state index in [1.807, 2.05) is 56.3 Å². The third-order valence-corrected chi connectivity index (χ3v) is 4.88.